The van der Waals surface area contributed by atoms with E-state index in [4.69, 9.17) is 14.6 Å². The molecule has 1 unspecified atom stereocenters. The van der Waals surface area contributed by atoms with E-state index in [9.17, 15) is 9.59 Å². The van der Waals surface area contributed by atoms with Crippen molar-refractivity contribution in [3.05, 3.63) is 0 Å². The van der Waals surface area contributed by atoms with Crippen molar-refractivity contribution >= 4 is 11.9 Å². The second-order valence-electron chi connectivity index (χ2n) is 3.67. The molecule has 0 aliphatic rings. The van der Waals surface area contributed by atoms with E-state index in [1.54, 1.807) is 13.8 Å². The van der Waals surface area contributed by atoms with Crippen LogP contribution >= 0.6 is 0 Å². The monoisotopic (exact) mass is 233 g/mol. The van der Waals surface area contributed by atoms with Gasteiger partial charge in [-0.1, -0.05) is 13.8 Å². The molecule has 0 aliphatic carbocycles. The van der Waals surface area contributed by atoms with Crippen molar-refractivity contribution in [1.82, 2.24) is 5.32 Å². The minimum absolute atomic E-state index is 0.153. The Balaban J connectivity index is 3.87. The maximum Gasteiger partial charge on any atom is 0.326 e. The van der Waals surface area contributed by atoms with Crippen LogP contribution in [0.3, 0.4) is 0 Å². The first-order chi connectivity index (χ1) is 7.49. The molecule has 1 amide bonds. The largest absolute Gasteiger partial charge is 0.480 e. The van der Waals surface area contributed by atoms with Crippen molar-refractivity contribution in [2.24, 2.45) is 5.92 Å². The Labute approximate surface area is 94.9 Å². The molecule has 0 aromatic carbocycles. The van der Waals surface area contributed by atoms with Gasteiger partial charge in [0.25, 0.3) is 0 Å². The van der Waals surface area contributed by atoms with E-state index in [1.807, 2.05) is 0 Å². The molecule has 0 fully saturated rings. The lowest BCUT2D eigenvalue weighted by atomic mass is 10.1. The van der Waals surface area contributed by atoms with Crippen LogP contribution in [0.4, 0.5) is 0 Å². The number of hydrogen-bond acceptors (Lipinski definition) is 4. The van der Waals surface area contributed by atoms with E-state index in [-0.39, 0.29) is 12.5 Å². The van der Waals surface area contributed by atoms with Gasteiger partial charge in [-0.05, 0) is 5.92 Å². The molecular formula is C10H19NO5. The number of rotatable bonds is 8. The predicted molar refractivity (Wildman–Crippen MR) is 57.1 cm³/mol. The molecule has 0 rings (SSSR count). The van der Waals surface area contributed by atoms with E-state index in [0.29, 0.717) is 13.2 Å². The number of amides is 1. The Morgan fingerprint density at radius 3 is 2.38 bits per heavy atom. The van der Waals surface area contributed by atoms with Crippen molar-refractivity contribution < 1.29 is 24.2 Å². The van der Waals surface area contributed by atoms with E-state index in [1.165, 1.54) is 7.11 Å². The molecule has 16 heavy (non-hydrogen) atoms. The average Bonchev–Trinajstić information content (AvgIpc) is 2.20. The molecular weight excluding hydrogens is 214 g/mol. The molecule has 6 heteroatoms. The summed E-state index contributed by atoms with van der Waals surface area (Å²) in [5.41, 5.74) is 0. The van der Waals surface area contributed by atoms with Gasteiger partial charge in [-0.3, -0.25) is 4.79 Å². The maximum atomic E-state index is 11.3. The third-order valence-electron chi connectivity index (χ3n) is 1.91. The topological polar surface area (TPSA) is 84.9 Å². The molecule has 94 valence electrons. The number of carboxylic acids is 1. The van der Waals surface area contributed by atoms with Gasteiger partial charge in [-0.2, -0.15) is 0 Å². The molecule has 0 aromatic heterocycles. The Hall–Kier alpha value is -1.14. The summed E-state index contributed by atoms with van der Waals surface area (Å²) in [6.07, 6.45) is 0. The van der Waals surface area contributed by atoms with Gasteiger partial charge in [-0.25, -0.2) is 4.79 Å². The molecule has 0 saturated heterocycles. The van der Waals surface area contributed by atoms with Crippen molar-refractivity contribution in [3.63, 3.8) is 0 Å². The fourth-order valence-electron chi connectivity index (χ4n) is 1.04. The number of methoxy groups -OCH3 is 1. The molecule has 0 bridgehead atoms. The van der Waals surface area contributed by atoms with Crippen molar-refractivity contribution in [3.8, 4) is 0 Å². The lowest BCUT2D eigenvalue weighted by Crippen LogP contribution is -2.45. The summed E-state index contributed by atoms with van der Waals surface area (Å²) in [5, 5.41) is 11.2. The quantitative estimate of drug-likeness (QED) is 0.571. The van der Waals surface area contributed by atoms with E-state index in [0.717, 1.165) is 0 Å². The number of aliphatic carboxylic acids is 1. The summed E-state index contributed by atoms with van der Waals surface area (Å²) in [6.45, 7) is 4.01. The Bertz CT molecular complexity index is 229. The third-order valence-corrected chi connectivity index (χ3v) is 1.91. The molecule has 0 aromatic rings. The van der Waals surface area contributed by atoms with Gasteiger partial charge in [0.1, 0.15) is 12.6 Å². The summed E-state index contributed by atoms with van der Waals surface area (Å²) in [4.78, 5) is 22.1. The van der Waals surface area contributed by atoms with Gasteiger partial charge >= 0.3 is 5.97 Å². The number of carbonyl (C=O) groups is 2. The van der Waals surface area contributed by atoms with Gasteiger partial charge < -0.3 is 19.9 Å². The van der Waals surface area contributed by atoms with Crippen LogP contribution in [0.15, 0.2) is 0 Å². The van der Waals surface area contributed by atoms with Crippen molar-refractivity contribution in [2.75, 3.05) is 26.9 Å². The third kappa shape index (κ3) is 6.36. The first kappa shape index (κ1) is 14.9. The van der Waals surface area contributed by atoms with E-state index in [2.05, 4.69) is 5.32 Å². The van der Waals surface area contributed by atoms with Crippen LogP contribution in [0.25, 0.3) is 0 Å². The van der Waals surface area contributed by atoms with Crippen LogP contribution in [0.5, 0.6) is 0 Å². The normalized spacial score (nSPS) is 12.5. The van der Waals surface area contributed by atoms with Crippen LogP contribution < -0.4 is 5.32 Å². The van der Waals surface area contributed by atoms with Crippen LogP contribution in [0.1, 0.15) is 13.8 Å². The molecule has 0 spiro atoms. The summed E-state index contributed by atoms with van der Waals surface area (Å²) in [5.74, 6) is -1.64. The smallest absolute Gasteiger partial charge is 0.326 e. The van der Waals surface area contributed by atoms with Gasteiger partial charge in [0.15, 0.2) is 0 Å². The summed E-state index contributed by atoms with van der Waals surface area (Å²) >= 11 is 0. The lowest BCUT2D eigenvalue weighted by Gasteiger charge is -2.17. The Morgan fingerprint density at radius 1 is 1.31 bits per heavy atom. The highest BCUT2D eigenvalue weighted by Crippen LogP contribution is 2.01. The van der Waals surface area contributed by atoms with Crippen LogP contribution in [0.2, 0.25) is 0 Å². The number of nitrogens with one attached hydrogen (secondary N) is 1. The second kappa shape index (κ2) is 8.06. The SMILES string of the molecule is COCCOCC(=O)NC(C(=O)O)C(C)C. The molecule has 1 atom stereocenters. The Kier molecular flexibility index (Phi) is 7.49. The fraction of sp³-hybridized carbons (Fsp3) is 0.800. The van der Waals surface area contributed by atoms with Crippen LogP contribution in [0, 0.1) is 5.92 Å². The van der Waals surface area contributed by atoms with Crippen molar-refractivity contribution in [1.29, 1.82) is 0 Å². The number of carbonyl (C=O) groups excluding carboxylic acids is 1. The zero-order chi connectivity index (χ0) is 12.6. The van der Waals surface area contributed by atoms with E-state index < -0.39 is 17.9 Å². The van der Waals surface area contributed by atoms with Gasteiger partial charge in [0.05, 0.1) is 13.2 Å². The van der Waals surface area contributed by atoms with Gasteiger partial charge in [0.2, 0.25) is 5.91 Å². The Morgan fingerprint density at radius 2 is 1.94 bits per heavy atom. The number of carboxylic acid groups (broad SMARTS) is 1. The molecule has 6 nitrogen and oxygen atoms in total. The van der Waals surface area contributed by atoms with Crippen molar-refractivity contribution in [2.45, 2.75) is 19.9 Å². The molecule has 2 N–H and O–H groups in total. The average molecular weight is 233 g/mol. The standard InChI is InChI=1S/C10H19NO5/c1-7(2)9(10(13)14)11-8(12)6-16-5-4-15-3/h7,9H,4-6H2,1-3H3,(H,11,12)(H,13,14). The lowest BCUT2D eigenvalue weighted by molar-refractivity contribution is -0.143. The molecule has 0 saturated carbocycles. The summed E-state index contributed by atoms with van der Waals surface area (Å²) in [7, 11) is 1.53. The predicted octanol–water partition coefficient (Wildman–Crippen LogP) is -0.125. The molecule has 0 heterocycles. The fourth-order valence-corrected chi connectivity index (χ4v) is 1.04. The van der Waals surface area contributed by atoms with Crippen LogP contribution in [-0.4, -0.2) is 50.0 Å². The number of hydrogen-bond donors (Lipinski definition) is 2. The van der Waals surface area contributed by atoms with Crippen LogP contribution in [-0.2, 0) is 19.1 Å². The first-order valence-electron chi connectivity index (χ1n) is 5.08. The highest BCUT2D eigenvalue weighted by Gasteiger charge is 2.23. The highest BCUT2D eigenvalue weighted by atomic mass is 16.5. The first-order valence-corrected chi connectivity index (χ1v) is 5.08. The van der Waals surface area contributed by atoms with Gasteiger partial charge in [-0.15, -0.1) is 0 Å². The summed E-state index contributed by atoms with van der Waals surface area (Å²) < 4.78 is 9.70. The van der Waals surface area contributed by atoms with Gasteiger partial charge in [0, 0.05) is 7.11 Å². The van der Waals surface area contributed by atoms with E-state index >= 15 is 0 Å². The molecule has 0 radical (unpaired) electrons. The zero-order valence-electron chi connectivity index (χ0n) is 9.86. The second-order valence-corrected chi connectivity index (χ2v) is 3.67. The minimum Gasteiger partial charge on any atom is -0.480 e. The minimum atomic E-state index is -1.04. The molecule has 0 aliphatic heterocycles. The highest BCUT2D eigenvalue weighted by molar-refractivity contribution is 5.84. The summed E-state index contributed by atoms with van der Waals surface area (Å²) in [6, 6.07) is -0.876. The number of ether oxygens (including phenoxy) is 2. The zero-order valence-corrected chi connectivity index (χ0v) is 9.86. The maximum absolute atomic E-state index is 11.3.